The Morgan fingerprint density at radius 1 is 0.302 bits per heavy atom. The van der Waals surface area contributed by atoms with Gasteiger partial charge < -0.3 is 9.13 Å². The molecule has 0 fully saturated rings. The van der Waals surface area contributed by atoms with E-state index in [1.165, 1.54) is 24.3 Å². The molecule has 0 aliphatic heterocycles. The minimum Gasteiger partial charge on any atom is -0.309 e. The molecule has 3 heterocycles. The number of benzene rings is 10. The molecule has 0 unspecified atom stereocenters. The summed E-state index contributed by atoms with van der Waals surface area (Å²) in [6.45, 7) is 0. The maximum atomic E-state index is 14.3. The third kappa shape index (κ3) is 9.69. The van der Waals surface area contributed by atoms with Gasteiger partial charge in [0.25, 0.3) is 0 Å². The Bertz CT molecular complexity index is 4770. The number of hydrogen-bond acceptors (Lipinski definition) is 4. The van der Waals surface area contributed by atoms with Crippen LogP contribution in [0.3, 0.4) is 0 Å². The molecule has 0 amide bonds. The molecule has 86 heavy (non-hydrogen) atoms. The Hall–Kier alpha value is -10.5. The van der Waals surface area contributed by atoms with Gasteiger partial charge in [0.15, 0.2) is 17.5 Å². The lowest BCUT2D eigenvalue weighted by Crippen LogP contribution is -2.11. The zero-order valence-corrected chi connectivity index (χ0v) is 44.0. The smallest absolute Gasteiger partial charge is 0.309 e. The number of nitrogens with zero attached hydrogens (tertiary/aromatic N) is 6. The average molecular weight is 1170 g/mol. The molecule has 13 aromatic rings. The van der Waals surface area contributed by atoms with Crippen LogP contribution in [0.2, 0.25) is 0 Å². The molecule has 0 atom stereocenters. The molecule has 0 saturated heterocycles. The van der Waals surface area contributed by atoms with Gasteiger partial charge in [0.1, 0.15) is 0 Å². The monoisotopic (exact) mass is 1160 g/mol. The predicted octanol–water partition coefficient (Wildman–Crippen LogP) is 20.0. The first-order valence-corrected chi connectivity index (χ1v) is 26.3. The minimum atomic E-state index is -5.11. The highest BCUT2D eigenvalue weighted by Gasteiger charge is 2.39. The Morgan fingerprint density at radius 3 is 1.09 bits per heavy atom. The second-order valence-electron chi connectivity index (χ2n) is 20.3. The summed E-state index contributed by atoms with van der Waals surface area (Å²) < 4.78 is 175. The van der Waals surface area contributed by atoms with Gasteiger partial charge in [-0.3, -0.25) is 0 Å². The standard InChI is InChI=1S/C68H36F12N6/c69-65(70,71)45-29-43(30-46(35-45)66(72,73)74)40-25-27-56-52(33-40)49-18-7-9-21-54(49)85(56)58-23-11-17-42(37-81)60(58)61-51(64-83-62(38-13-3-1-4-14-38)82-63(84-64)39-15-5-2-6-16-39)20-12-24-59(61)86-55-22-10-8-19-50(55)53-34-41(26-28-57(53)86)44-31-47(67(75,76)77)36-48(32-44)68(78,79)80/h1-36H. The SMILES string of the molecule is N#Cc1cccc(-n2c3ccccc3c3cc(-c4cc(C(F)(F)F)cc(C(F)(F)F)c4)ccc32)c1-c1c(-c2nc(-c3ccccc3)nc(-c3ccccc3)n2)cccc1-n1c2ccccc2c2cc(-c3cc(C(F)(F)F)cc(C(F)(F)F)c3)ccc21. The van der Waals surface area contributed by atoms with Gasteiger partial charge in [-0.15, -0.1) is 0 Å². The van der Waals surface area contributed by atoms with Gasteiger partial charge in [-0.25, -0.2) is 15.0 Å². The topological polar surface area (TPSA) is 72.3 Å². The molecule has 0 radical (unpaired) electrons. The van der Waals surface area contributed by atoms with Crippen molar-refractivity contribution >= 4 is 43.6 Å². The zero-order chi connectivity index (χ0) is 60.0. The number of alkyl halides is 12. The van der Waals surface area contributed by atoms with Crippen LogP contribution in [0.25, 0.3) is 123 Å². The lowest BCUT2D eigenvalue weighted by molar-refractivity contribution is -0.144. The second kappa shape index (κ2) is 20.4. The summed E-state index contributed by atoms with van der Waals surface area (Å²) in [5.74, 6) is 0.717. The maximum Gasteiger partial charge on any atom is 0.416 e. The third-order valence-corrected chi connectivity index (χ3v) is 15.1. The molecular formula is C68H36F12N6. The Balaban J connectivity index is 1.12. The summed E-state index contributed by atoms with van der Waals surface area (Å²) in [7, 11) is 0. The van der Waals surface area contributed by atoms with Crippen molar-refractivity contribution in [1.29, 1.82) is 5.26 Å². The van der Waals surface area contributed by atoms with E-state index >= 15 is 0 Å². The molecule has 0 bridgehead atoms. The van der Waals surface area contributed by atoms with Crippen molar-refractivity contribution in [3.05, 3.63) is 246 Å². The van der Waals surface area contributed by atoms with Gasteiger partial charge in [-0.1, -0.05) is 127 Å². The van der Waals surface area contributed by atoms with Crippen LogP contribution in [0.1, 0.15) is 27.8 Å². The number of hydrogen-bond donors (Lipinski definition) is 0. The number of para-hydroxylation sites is 2. The van der Waals surface area contributed by atoms with Gasteiger partial charge >= 0.3 is 24.7 Å². The van der Waals surface area contributed by atoms with Crippen molar-refractivity contribution in [2.24, 2.45) is 0 Å². The summed E-state index contributed by atoms with van der Waals surface area (Å²) in [5, 5.41) is 13.4. The minimum absolute atomic E-state index is 0.0530. The first-order valence-electron chi connectivity index (χ1n) is 26.3. The van der Waals surface area contributed by atoms with Crippen LogP contribution in [0.4, 0.5) is 52.7 Å². The molecule has 0 saturated carbocycles. The van der Waals surface area contributed by atoms with Crippen molar-refractivity contribution in [2.75, 3.05) is 0 Å². The summed E-state index contributed by atoms with van der Waals surface area (Å²) in [5.41, 5.74) is -1.36. The lowest BCUT2D eigenvalue weighted by atomic mass is 9.91. The van der Waals surface area contributed by atoms with Gasteiger partial charge in [-0.2, -0.15) is 57.9 Å². The lowest BCUT2D eigenvalue weighted by Gasteiger charge is -2.22. The predicted molar refractivity (Wildman–Crippen MR) is 306 cm³/mol. The van der Waals surface area contributed by atoms with E-state index in [1.54, 1.807) is 97.1 Å². The number of rotatable bonds is 8. The van der Waals surface area contributed by atoms with Gasteiger partial charge in [0.05, 0.1) is 67.3 Å². The fourth-order valence-corrected chi connectivity index (χ4v) is 11.3. The van der Waals surface area contributed by atoms with E-state index < -0.39 is 47.0 Å². The van der Waals surface area contributed by atoms with Crippen LogP contribution in [0.15, 0.2) is 218 Å². The summed E-state index contributed by atoms with van der Waals surface area (Å²) in [6.07, 6.45) is -20.5. The van der Waals surface area contributed by atoms with Crippen molar-refractivity contribution in [1.82, 2.24) is 24.1 Å². The Morgan fingerprint density at radius 2 is 0.674 bits per heavy atom. The van der Waals surface area contributed by atoms with Crippen LogP contribution < -0.4 is 0 Å². The number of nitriles is 1. The van der Waals surface area contributed by atoms with E-state index in [-0.39, 0.29) is 57.4 Å². The van der Waals surface area contributed by atoms with E-state index in [1.807, 2.05) is 69.8 Å². The van der Waals surface area contributed by atoms with Crippen molar-refractivity contribution in [3.63, 3.8) is 0 Å². The van der Waals surface area contributed by atoms with E-state index in [4.69, 9.17) is 15.0 Å². The highest BCUT2D eigenvalue weighted by Crippen LogP contribution is 2.48. The largest absolute Gasteiger partial charge is 0.416 e. The van der Waals surface area contributed by atoms with E-state index in [9.17, 15) is 57.9 Å². The summed E-state index contributed by atoms with van der Waals surface area (Å²) in [4.78, 5) is 15.2. The molecule has 3 aromatic heterocycles. The van der Waals surface area contributed by atoms with Crippen molar-refractivity contribution in [2.45, 2.75) is 24.7 Å². The second-order valence-corrected chi connectivity index (χ2v) is 20.3. The zero-order valence-electron chi connectivity index (χ0n) is 44.0. The number of fused-ring (bicyclic) bond motifs is 6. The molecule has 0 N–H and O–H groups in total. The first-order chi connectivity index (χ1) is 41.1. The molecule has 18 heteroatoms. The molecule has 6 nitrogen and oxygen atoms in total. The number of halogens is 12. The molecule has 10 aromatic carbocycles. The van der Waals surface area contributed by atoms with Crippen molar-refractivity contribution in [3.8, 4) is 85.0 Å². The van der Waals surface area contributed by atoms with Crippen LogP contribution in [-0.2, 0) is 24.7 Å². The molecule has 0 spiro atoms. The molecule has 0 aliphatic rings. The maximum absolute atomic E-state index is 14.3. The number of aromatic nitrogens is 5. The summed E-state index contributed by atoms with van der Waals surface area (Å²) in [6, 6.07) is 57.1. The normalized spacial score (nSPS) is 12.4. The molecular weight excluding hydrogens is 1130 g/mol. The Kier molecular flexibility index (Phi) is 13.0. The fraction of sp³-hybridized carbons (Fsp3) is 0.0588. The quantitative estimate of drug-likeness (QED) is 0.142. The highest BCUT2D eigenvalue weighted by molar-refractivity contribution is 6.13. The average Bonchev–Trinajstić information content (AvgIpc) is 2.45. The van der Waals surface area contributed by atoms with Crippen LogP contribution >= 0.6 is 0 Å². The molecule has 13 rings (SSSR count). The van der Waals surface area contributed by atoms with E-state index in [2.05, 4.69) is 6.07 Å². The van der Waals surface area contributed by atoms with Crippen LogP contribution in [-0.4, -0.2) is 24.1 Å². The molecule has 422 valence electrons. The fourth-order valence-electron chi connectivity index (χ4n) is 11.3. The first kappa shape index (κ1) is 54.7. The van der Waals surface area contributed by atoms with Gasteiger partial charge in [-0.05, 0) is 113 Å². The van der Waals surface area contributed by atoms with E-state index in [0.29, 0.717) is 107 Å². The third-order valence-electron chi connectivity index (χ3n) is 15.1. The summed E-state index contributed by atoms with van der Waals surface area (Å²) >= 11 is 0. The van der Waals surface area contributed by atoms with Gasteiger partial charge in [0, 0.05) is 49.4 Å². The van der Waals surface area contributed by atoms with Crippen molar-refractivity contribution < 1.29 is 52.7 Å². The highest BCUT2D eigenvalue weighted by atomic mass is 19.4. The Labute approximate surface area is 479 Å². The molecule has 0 aliphatic carbocycles. The van der Waals surface area contributed by atoms with Crippen LogP contribution in [0, 0.1) is 11.3 Å². The van der Waals surface area contributed by atoms with Gasteiger partial charge in [0.2, 0.25) is 0 Å². The van der Waals surface area contributed by atoms with E-state index in [0.717, 1.165) is 0 Å². The van der Waals surface area contributed by atoms with Crippen LogP contribution in [0.5, 0.6) is 0 Å².